The highest BCUT2D eigenvalue weighted by Gasteiger charge is 2.10. The SMILES string of the molecule is CCCC(NCc1ccc(Br)cc1)c1cccs1. The second-order valence-electron chi connectivity index (χ2n) is 4.36. The Hall–Kier alpha value is -0.640. The number of thiophene rings is 1. The molecule has 0 spiro atoms. The van der Waals surface area contributed by atoms with Crippen LogP contribution in [-0.2, 0) is 6.54 Å². The minimum absolute atomic E-state index is 0.485. The second kappa shape index (κ2) is 7.07. The van der Waals surface area contributed by atoms with Gasteiger partial charge in [-0.1, -0.05) is 47.5 Å². The highest BCUT2D eigenvalue weighted by molar-refractivity contribution is 9.10. The van der Waals surface area contributed by atoms with Gasteiger partial charge in [0, 0.05) is 21.9 Å². The standard InChI is InChI=1S/C15H18BrNS/c1-2-4-14(15-5-3-10-18-15)17-11-12-6-8-13(16)9-7-12/h3,5-10,14,17H,2,4,11H2,1H3. The van der Waals surface area contributed by atoms with Crippen molar-refractivity contribution in [3.8, 4) is 0 Å². The van der Waals surface area contributed by atoms with Gasteiger partial charge in [0.05, 0.1) is 0 Å². The van der Waals surface area contributed by atoms with Crippen LogP contribution in [0.2, 0.25) is 0 Å². The highest BCUT2D eigenvalue weighted by atomic mass is 79.9. The normalized spacial score (nSPS) is 12.6. The lowest BCUT2D eigenvalue weighted by molar-refractivity contribution is 0.500. The molecule has 1 unspecified atom stereocenters. The van der Waals surface area contributed by atoms with Gasteiger partial charge < -0.3 is 5.32 Å². The zero-order chi connectivity index (χ0) is 12.8. The first-order valence-corrected chi connectivity index (χ1v) is 7.98. The molecule has 18 heavy (non-hydrogen) atoms. The van der Waals surface area contributed by atoms with Crippen molar-refractivity contribution in [3.05, 3.63) is 56.7 Å². The average Bonchev–Trinajstić information content (AvgIpc) is 2.90. The highest BCUT2D eigenvalue weighted by Crippen LogP contribution is 2.23. The lowest BCUT2D eigenvalue weighted by atomic mass is 10.1. The Labute approximate surface area is 121 Å². The van der Waals surface area contributed by atoms with Crippen LogP contribution in [0.25, 0.3) is 0 Å². The van der Waals surface area contributed by atoms with Gasteiger partial charge in [-0.15, -0.1) is 11.3 Å². The van der Waals surface area contributed by atoms with Crippen LogP contribution in [0.5, 0.6) is 0 Å². The second-order valence-corrected chi connectivity index (χ2v) is 6.26. The van der Waals surface area contributed by atoms with Crippen LogP contribution in [-0.4, -0.2) is 0 Å². The maximum atomic E-state index is 3.65. The Morgan fingerprint density at radius 2 is 2.00 bits per heavy atom. The number of nitrogens with one attached hydrogen (secondary N) is 1. The fourth-order valence-corrected chi connectivity index (χ4v) is 3.07. The molecular formula is C15H18BrNS. The summed E-state index contributed by atoms with van der Waals surface area (Å²) in [5, 5.41) is 5.81. The molecule has 3 heteroatoms. The first-order valence-electron chi connectivity index (χ1n) is 6.31. The van der Waals surface area contributed by atoms with Gasteiger partial charge in [-0.3, -0.25) is 0 Å². The molecule has 1 nitrogen and oxygen atoms in total. The van der Waals surface area contributed by atoms with E-state index in [2.05, 4.69) is 69.9 Å². The van der Waals surface area contributed by atoms with Gasteiger partial charge in [0.15, 0.2) is 0 Å². The lowest BCUT2D eigenvalue weighted by Gasteiger charge is -2.16. The van der Waals surface area contributed by atoms with Gasteiger partial charge in [-0.05, 0) is 35.6 Å². The minimum atomic E-state index is 0.485. The number of rotatable bonds is 6. The van der Waals surface area contributed by atoms with E-state index in [0.29, 0.717) is 6.04 Å². The molecule has 2 aromatic rings. The third-order valence-electron chi connectivity index (χ3n) is 2.93. The molecule has 0 aliphatic rings. The summed E-state index contributed by atoms with van der Waals surface area (Å²) in [4.78, 5) is 1.44. The van der Waals surface area contributed by atoms with Crippen molar-refractivity contribution in [2.75, 3.05) is 0 Å². The van der Waals surface area contributed by atoms with E-state index in [1.54, 1.807) is 0 Å². The van der Waals surface area contributed by atoms with Gasteiger partial charge in [0.2, 0.25) is 0 Å². The fraction of sp³-hybridized carbons (Fsp3) is 0.333. The topological polar surface area (TPSA) is 12.0 Å². The molecule has 0 fully saturated rings. The molecule has 96 valence electrons. The van der Waals surface area contributed by atoms with Crippen LogP contribution in [0.1, 0.15) is 36.2 Å². The van der Waals surface area contributed by atoms with Crippen molar-refractivity contribution in [2.45, 2.75) is 32.4 Å². The third-order valence-corrected chi connectivity index (χ3v) is 4.44. The predicted molar refractivity (Wildman–Crippen MR) is 82.9 cm³/mol. The third kappa shape index (κ3) is 3.94. The van der Waals surface area contributed by atoms with E-state index < -0.39 is 0 Å². The molecule has 0 saturated carbocycles. The summed E-state index contributed by atoms with van der Waals surface area (Å²) in [5.41, 5.74) is 1.33. The van der Waals surface area contributed by atoms with Crippen LogP contribution in [0.15, 0.2) is 46.3 Å². The maximum absolute atomic E-state index is 3.65. The summed E-state index contributed by atoms with van der Waals surface area (Å²) in [6, 6.07) is 13.3. The largest absolute Gasteiger partial charge is 0.305 e. The van der Waals surface area contributed by atoms with Crippen molar-refractivity contribution in [1.82, 2.24) is 5.32 Å². The first kappa shape index (κ1) is 13.8. The molecule has 1 N–H and O–H groups in total. The maximum Gasteiger partial charge on any atom is 0.0417 e. The minimum Gasteiger partial charge on any atom is -0.305 e. The molecule has 0 bridgehead atoms. The Balaban J connectivity index is 1.95. The quantitative estimate of drug-likeness (QED) is 0.775. The van der Waals surface area contributed by atoms with Crippen molar-refractivity contribution in [2.24, 2.45) is 0 Å². The summed E-state index contributed by atoms with van der Waals surface area (Å²) < 4.78 is 1.13. The van der Waals surface area contributed by atoms with Crippen molar-refractivity contribution in [1.29, 1.82) is 0 Å². The van der Waals surface area contributed by atoms with Gasteiger partial charge in [-0.2, -0.15) is 0 Å². The summed E-state index contributed by atoms with van der Waals surface area (Å²) in [6.45, 7) is 3.16. The van der Waals surface area contributed by atoms with Crippen molar-refractivity contribution in [3.63, 3.8) is 0 Å². The van der Waals surface area contributed by atoms with Gasteiger partial charge in [-0.25, -0.2) is 0 Å². The van der Waals surface area contributed by atoms with Crippen LogP contribution in [0.4, 0.5) is 0 Å². The summed E-state index contributed by atoms with van der Waals surface area (Å²) in [5.74, 6) is 0. The molecular weight excluding hydrogens is 306 g/mol. The van der Waals surface area contributed by atoms with Crippen LogP contribution in [0.3, 0.4) is 0 Å². The van der Waals surface area contributed by atoms with Crippen LogP contribution < -0.4 is 5.32 Å². The molecule has 0 saturated heterocycles. The monoisotopic (exact) mass is 323 g/mol. The molecule has 2 rings (SSSR count). The van der Waals surface area contributed by atoms with E-state index in [9.17, 15) is 0 Å². The Kier molecular flexibility index (Phi) is 5.42. The van der Waals surface area contributed by atoms with Crippen molar-refractivity contribution < 1.29 is 0 Å². The van der Waals surface area contributed by atoms with Crippen LogP contribution >= 0.6 is 27.3 Å². The number of benzene rings is 1. The van der Waals surface area contributed by atoms with Gasteiger partial charge in [0.25, 0.3) is 0 Å². The van der Waals surface area contributed by atoms with Gasteiger partial charge in [0.1, 0.15) is 0 Å². The zero-order valence-corrected chi connectivity index (χ0v) is 12.9. The van der Waals surface area contributed by atoms with Crippen LogP contribution in [0, 0.1) is 0 Å². The lowest BCUT2D eigenvalue weighted by Crippen LogP contribution is -2.19. The zero-order valence-electron chi connectivity index (χ0n) is 10.5. The van der Waals surface area contributed by atoms with Gasteiger partial charge >= 0.3 is 0 Å². The average molecular weight is 324 g/mol. The molecule has 0 aliphatic heterocycles. The molecule has 0 aliphatic carbocycles. The van der Waals surface area contributed by atoms with E-state index in [1.807, 2.05) is 11.3 Å². The number of hydrogen-bond acceptors (Lipinski definition) is 2. The molecule has 1 atom stereocenters. The Morgan fingerprint density at radius 1 is 1.22 bits per heavy atom. The van der Waals surface area contributed by atoms with E-state index in [1.165, 1.54) is 23.3 Å². The first-order chi connectivity index (χ1) is 8.79. The van der Waals surface area contributed by atoms with E-state index in [4.69, 9.17) is 0 Å². The summed E-state index contributed by atoms with van der Waals surface area (Å²) >= 11 is 5.30. The predicted octanol–water partition coefficient (Wildman–Crippen LogP) is 5.14. The van der Waals surface area contributed by atoms with Crippen molar-refractivity contribution >= 4 is 27.3 Å². The smallest absolute Gasteiger partial charge is 0.0417 e. The summed E-state index contributed by atoms with van der Waals surface area (Å²) in [7, 11) is 0. The molecule has 0 amide bonds. The summed E-state index contributed by atoms with van der Waals surface area (Å²) in [6.07, 6.45) is 2.40. The Morgan fingerprint density at radius 3 is 2.61 bits per heavy atom. The number of hydrogen-bond donors (Lipinski definition) is 1. The van der Waals surface area contributed by atoms with E-state index in [0.717, 1.165) is 11.0 Å². The Bertz CT molecular complexity index is 450. The molecule has 1 aromatic heterocycles. The van der Waals surface area contributed by atoms with E-state index >= 15 is 0 Å². The fourth-order valence-electron chi connectivity index (χ4n) is 1.97. The number of halogens is 1. The molecule has 0 radical (unpaired) electrons. The van der Waals surface area contributed by atoms with E-state index in [-0.39, 0.29) is 0 Å². The molecule has 1 aromatic carbocycles. The molecule has 1 heterocycles.